The number of rotatable bonds is 11. The van der Waals surface area contributed by atoms with E-state index in [0.29, 0.717) is 12.2 Å². The minimum atomic E-state index is -1.19. The Morgan fingerprint density at radius 3 is 2.34 bits per heavy atom. The van der Waals surface area contributed by atoms with Crippen LogP contribution in [0.2, 0.25) is 0 Å². The van der Waals surface area contributed by atoms with E-state index in [1.165, 1.54) is 0 Å². The van der Waals surface area contributed by atoms with Crippen molar-refractivity contribution in [1.29, 1.82) is 5.41 Å². The van der Waals surface area contributed by atoms with Crippen LogP contribution in [0.4, 0.5) is 4.79 Å². The molecule has 0 heterocycles. The van der Waals surface area contributed by atoms with E-state index in [4.69, 9.17) is 20.6 Å². The zero-order valence-electron chi connectivity index (χ0n) is 17.4. The number of hydrogen-bond donors (Lipinski definition) is 5. The molecular weight excluding hydrogens is 416 g/mol. The Morgan fingerprint density at radius 2 is 1.72 bits per heavy atom. The predicted molar refractivity (Wildman–Crippen MR) is 116 cm³/mol. The number of aryl methyl sites for hydroxylation is 1. The molecule has 1 atom stereocenters. The summed E-state index contributed by atoms with van der Waals surface area (Å²) in [5, 5.41) is 20.9. The van der Waals surface area contributed by atoms with Gasteiger partial charge in [0.05, 0.1) is 6.61 Å². The molecule has 0 saturated carbocycles. The van der Waals surface area contributed by atoms with E-state index >= 15 is 0 Å². The van der Waals surface area contributed by atoms with E-state index < -0.39 is 24.1 Å². The number of carboxylic acids is 1. The van der Waals surface area contributed by atoms with Crippen molar-refractivity contribution >= 4 is 23.9 Å². The zero-order valence-corrected chi connectivity index (χ0v) is 17.4. The molecule has 0 saturated heterocycles. The van der Waals surface area contributed by atoms with Crippen molar-refractivity contribution in [3.8, 4) is 5.75 Å². The van der Waals surface area contributed by atoms with Crippen LogP contribution in [0.25, 0.3) is 0 Å². The smallest absolute Gasteiger partial charge is 0.408 e. The summed E-state index contributed by atoms with van der Waals surface area (Å²) >= 11 is 0. The zero-order chi connectivity index (χ0) is 23.3. The number of guanidine groups is 1. The molecule has 0 aromatic heterocycles. The number of nitrogens with one attached hydrogen (secondary N) is 3. The summed E-state index contributed by atoms with van der Waals surface area (Å²) in [5.74, 6) is -1.40. The Bertz CT molecular complexity index is 918. The molecule has 10 nitrogen and oxygen atoms in total. The molecule has 2 rings (SSSR count). The summed E-state index contributed by atoms with van der Waals surface area (Å²) in [6.07, 6.45) is -0.121. The van der Waals surface area contributed by atoms with Crippen LogP contribution >= 0.6 is 0 Å². The summed E-state index contributed by atoms with van der Waals surface area (Å²) in [7, 11) is 0. The van der Waals surface area contributed by atoms with Crippen LogP contribution in [0.3, 0.4) is 0 Å². The predicted octanol–water partition coefficient (Wildman–Crippen LogP) is 1.78. The summed E-state index contributed by atoms with van der Waals surface area (Å²) in [5.41, 5.74) is 6.79. The van der Waals surface area contributed by atoms with Crippen LogP contribution in [0.1, 0.15) is 24.0 Å². The molecule has 10 heteroatoms. The van der Waals surface area contributed by atoms with Gasteiger partial charge in [0.25, 0.3) is 0 Å². The molecule has 0 radical (unpaired) electrons. The van der Waals surface area contributed by atoms with E-state index in [1.807, 2.05) is 18.2 Å². The minimum absolute atomic E-state index is 0.0400. The lowest BCUT2D eigenvalue weighted by molar-refractivity contribution is -0.139. The number of carbonyl (C=O) groups excluding carboxylic acids is 2. The highest BCUT2D eigenvalue weighted by Gasteiger charge is 2.20. The van der Waals surface area contributed by atoms with E-state index in [-0.39, 0.29) is 32.0 Å². The number of ether oxygens (including phenoxy) is 2. The number of carboxylic acid groups (broad SMARTS) is 1. The third kappa shape index (κ3) is 9.16. The largest absolute Gasteiger partial charge is 0.494 e. The van der Waals surface area contributed by atoms with Crippen LogP contribution in [0.5, 0.6) is 5.75 Å². The Labute approximate surface area is 185 Å². The average Bonchev–Trinajstić information content (AvgIpc) is 2.76. The van der Waals surface area contributed by atoms with E-state index in [0.717, 1.165) is 11.1 Å². The molecule has 170 valence electrons. The fourth-order valence-corrected chi connectivity index (χ4v) is 2.68. The number of benzene rings is 2. The van der Waals surface area contributed by atoms with Crippen molar-refractivity contribution in [2.75, 3.05) is 6.61 Å². The van der Waals surface area contributed by atoms with Crippen molar-refractivity contribution in [3.63, 3.8) is 0 Å². The maximum Gasteiger partial charge on any atom is 0.408 e. The van der Waals surface area contributed by atoms with Crippen LogP contribution in [-0.4, -0.2) is 41.7 Å². The van der Waals surface area contributed by atoms with Crippen molar-refractivity contribution in [2.45, 2.75) is 31.9 Å². The van der Waals surface area contributed by atoms with Gasteiger partial charge in [-0.05, 0) is 29.7 Å². The molecule has 0 aliphatic heterocycles. The van der Waals surface area contributed by atoms with Gasteiger partial charge in [-0.15, -0.1) is 0 Å². The van der Waals surface area contributed by atoms with Gasteiger partial charge < -0.3 is 25.6 Å². The lowest BCUT2D eigenvalue weighted by Crippen LogP contribution is -2.42. The maximum atomic E-state index is 11.9. The van der Waals surface area contributed by atoms with Gasteiger partial charge in [0.15, 0.2) is 5.96 Å². The van der Waals surface area contributed by atoms with Crippen LogP contribution in [-0.2, 0) is 27.4 Å². The normalized spacial score (nSPS) is 11.1. The molecule has 0 unspecified atom stereocenters. The van der Waals surface area contributed by atoms with Gasteiger partial charge in [0.2, 0.25) is 5.91 Å². The molecule has 2 amide bonds. The summed E-state index contributed by atoms with van der Waals surface area (Å²) in [6.45, 7) is 0.106. The van der Waals surface area contributed by atoms with Crippen molar-refractivity contribution in [2.24, 2.45) is 5.73 Å². The maximum absolute atomic E-state index is 11.9. The first kappa shape index (κ1) is 24.2. The second-order valence-corrected chi connectivity index (χ2v) is 6.84. The van der Waals surface area contributed by atoms with Crippen molar-refractivity contribution in [1.82, 2.24) is 10.6 Å². The Morgan fingerprint density at radius 1 is 1.03 bits per heavy atom. The standard InChI is InChI=1S/C22H26N4O6/c23-21(24)26-19(27)11-8-15-6-9-17(10-7-15)31-13-12-18(20(28)29)25-22(30)32-14-16-4-2-1-3-5-16/h1-7,9-10,18H,8,11-14H2,(H,25,30)(H,28,29)(H4,23,24,26,27)/t18-/m0/s1. The van der Waals surface area contributed by atoms with Gasteiger partial charge in [0.1, 0.15) is 18.4 Å². The SMILES string of the molecule is N=C(N)NC(=O)CCc1ccc(OCC[C@H](NC(=O)OCc2ccccc2)C(=O)O)cc1. The lowest BCUT2D eigenvalue weighted by Gasteiger charge is -2.15. The fraction of sp³-hybridized carbons (Fsp3) is 0.273. The summed E-state index contributed by atoms with van der Waals surface area (Å²) in [4.78, 5) is 34.8. The van der Waals surface area contributed by atoms with Crippen LogP contribution in [0.15, 0.2) is 54.6 Å². The molecule has 0 fully saturated rings. The molecular formula is C22H26N4O6. The first-order valence-electron chi connectivity index (χ1n) is 9.89. The molecule has 32 heavy (non-hydrogen) atoms. The van der Waals surface area contributed by atoms with Crippen molar-refractivity contribution < 1.29 is 29.0 Å². The van der Waals surface area contributed by atoms with Crippen LogP contribution in [0, 0.1) is 5.41 Å². The molecule has 2 aromatic rings. The third-order valence-electron chi connectivity index (χ3n) is 4.32. The highest BCUT2D eigenvalue weighted by Crippen LogP contribution is 2.14. The quantitative estimate of drug-likeness (QED) is 0.261. The number of hydrogen-bond acceptors (Lipinski definition) is 6. The van der Waals surface area contributed by atoms with Gasteiger partial charge in [-0.2, -0.15) is 0 Å². The first-order chi connectivity index (χ1) is 15.3. The molecule has 6 N–H and O–H groups in total. The van der Waals surface area contributed by atoms with E-state index in [2.05, 4.69) is 10.6 Å². The number of amides is 2. The Balaban J connectivity index is 1.73. The molecule has 2 aromatic carbocycles. The monoisotopic (exact) mass is 442 g/mol. The minimum Gasteiger partial charge on any atom is -0.494 e. The van der Waals surface area contributed by atoms with Gasteiger partial charge in [-0.3, -0.25) is 15.5 Å². The van der Waals surface area contributed by atoms with Crippen molar-refractivity contribution in [3.05, 3.63) is 65.7 Å². The van der Waals surface area contributed by atoms with Gasteiger partial charge in [0, 0.05) is 12.8 Å². The number of nitrogens with two attached hydrogens (primary N) is 1. The molecule has 0 aliphatic carbocycles. The van der Waals surface area contributed by atoms with E-state index in [1.54, 1.807) is 36.4 Å². The summed E-state index contributed by atoms with van der Waals surface area (Å²) in [6, 6.07) is 14.9. The van der Waals surface area contributed by atoms with E-state index in [9.17, 15) is 19.5 Å². The second-order valence-electron chi connectivity index (χ2n) is 6.84. The number of aliphatic carboxylic acids is 1. The first-order valence-corrected chi connectivity index (χ1v) is 9.89. The highest BCUT2D eigenvalue weighted by atomic mass is 16.5. The van der Waals surface area contributed by atoms with Gasteiger partial charge in [-0.25, -0.2) is 9.59 Å². The Hall–Kier alpha value is -4.08. The van der Waals surface area contributed by atoms with Gasteiger partial charge in [-0.1, -0.05) is 42.5 Å². The topological polar surface area (TPSA) is 164 Å². The van der Waals surface area contributed by atoms with Gasteiger partial charge >= 0.3 is 12.1 Å². The average molecular weight is 442 g/mol. The van der Waals surface area contributed by atoms with Crippen LogP contribution < -0.4 is 21.1 Å². The second kappa shape index (κ2) is 12.6. The summed E-state index contributed by atoms with van der Waals surface area (Å²) < 4.78 is 10.6. The molecule has 0 bridgehead atoms. The Kier molecular flexibility index (Phi) is 9.51. The highest BCUT2D eigenvalue weighted by molar-refractivity contribution is 5.94. The molecule has 0 spiro atoms. The number of carbonyl (C=O) groups is 3. The lowest BCUT2D eigenvalue weighted by atomic mass is 10.1. The third-order valence-corrected chi connectivity index (χ3v) is 4.32. The fourth-order valence-electron chi connectivity index (χ4n) is 2.68. The molecule has 0 aliphatic rings. The number of alkyl carbamates (subject to hydrolysis) is 1.